The number of aryl methyl sites for hydroxylation is 1. The molecule has 0 bridgehead atoms. The summed E-state index contributed by atoms with van der Waals surface area (Å²) in [4.78, 5) is 13.5. The van der Waals surface area contributed by atoms with Crippen LogP contribution in [0.15, 0.2) is 48.5 Å². The van der Waals surface area contributed by atoms with Crippen molar-refractivity contribution in [3.05, 3.63) is 59.9 Å². The zero-order valence-corrected chi connectivity index (χ0v) is 15.4. The molecule has 0 radical (unpaired) electrons. The molecular formula is C19H20N6O2. The van der Waals surface area contributed by atoms with Crippen LogP contribution in [0.2, 0.25) is 0 Å². The third-order valence-corrected chi connectivity index (χ3v) is 3.87. The second-order valence-electron chi connectivity index (χ2n) is 6.00. The van der Waals surface area contributed by atoms with E-state index in [-0.39, 0.29) is 6.54 Å². The van der Waals surface area contributed by atoms with Crippen LogP contribution in [0.5, 0.6) is 5.75 Å². The predicted octanol–water partition coefficient (Wildman–Crippen LogP) is 2.91. The zero-order valence-electron chi connectivity index (χ0n) is 15.4. The number of aromatic nitrogens is 4. The molecule has 3 aromatic rings. The van der Waals surface area contributed by atoms with Gasteiger partial charge in [0.15, 0.2) is 5.82 Å². The molecule has 138 valence electrons. The minimum absolute atomic E-state index is 0.143. The fraction of sp³-hybridized carbons (Fsp3) is 0.211. The molecule has 0 atom stereocenters. The first kappa shape index (κ1) is 18.2. The number of nitrogens with zero attached hydrogens (tertiary/aromatic N) is 5. The van der Waals surface area contributed by atoms with Crippen LogP contribution in [0.1, 0.15) is 11.4 Å². The second kappa shape index (κ2) is 8.22. The summed E-state index contributed by atoms with van der Waals surface area (Å²) in [5.74, 6) is 1.23. The number of benzene rings is 2. The maximum absolute atomic E-state index is 12.2. The van der Waals surface area contributed by atoms with E-state index in [2.05, 4.69) is 25.7 Å². The van der Waals surface area contributed by atoms with E-state index in [1.807, 2.05) is 50.4 Å². The number of anilines is 1. The quantitative estimate of drug-likeness (QED) is 0.744. The van der Waals surface area contributed by atoms with E-state index in [1.54, 1.807) is 19.2 Å². The summed E-state index contributed by atoms with van der Waals surface area (Å²) in [5.41, 5.74) is 2.90. The lowest BCUT2D eigenvalue weighted by atomic mass is 10.2. The Hall–Kier alpha value is -3.55. The van der Waals surface area contributed by atoms with Crippen molar-refractivity contribution in [1.82, 2.24) is 25.3 Å². The standard InChI is InChI=1S/C19H20N6O2/c1-13-4-10-16(11-5-13)27-19(26)25(3)12-17-21-23-18(24-22-17)14-6-8-15(20-2)9-7-14/h4-11,20H,12H2,1-3H3. The third kappa shape index (κ3) is 4.75. The first-order valence-electron chi connectivity index (χ1n) is 8.39. The molecular weight excluding hydrogens is 344 g/mol. The van der Waals surface area contributed by atoms with E-state index < -0.39 is 6.09 Å². The third-order valence-electron chi connectivity index (χ3n) is 3.87. The van der Waals surface area contributed by atoms with Crippen molar-refractivity contribution in [2.24, 2.45) is 0 Å². The topological polar surface area (TPSA) is 93.1 Å². The van der Waals surface area contributed by atoms with E-state index in [9.17, 15) is 4.79 Å². The van der Waals surface area contributed by atoms with Gasteiger partial charge in [-0.25, -0.2) is 4.79 Å². The van der Waals surface area contributed by atoms with Crippen LogP contribution in [0.25, 0.3) is 11.4 Å². The molecule has 1 aromatic heterocycles. The van der Waals surface area contributed by atoms with Gasteiger partial charge in [-0.1, -0.05) is 17.7 Å². The van der Waals surface area contributed by atoms with Crippen LogP contribution in [-0.2, 0) is 6.54 Å². The average molecular weight is 364 g/mol. The van der Waals surface area contributed by atoms with Gasteiger partial charge in [-0.15, -0.1) is 20.4 Å². The van der Waals surface area contributed by atoms with Crippen molar-refractivity contribution in [2.75, 3.05) is 19.4 Å². The minimum atomic E-state index is -0.505. The lowest BCUT2D eigenvalue weighted by molar-refractivity contribution is 0.159. The smallest absolute Gasteiger partial charge is 0.410 e. The van der Waals surface area contributed by atoms with Crippen molar-refractivity contribution < 1.29 is 9.53 Å². The Morgan fingerprint density at radius 2 is 1.63 bits per heavy atom. The number of rotatable bonds is 5. The summed E-state index contributed by atoms with van der Waals surface area (Å²) in [7, 11) is 3.45. The van der Waals surface area contributed by atoms with Crippen LogP contribution in [0.3, 0.4) is 0 Å². The summed E-state index contributed by atoms with van der Waals surface area (Å²) in [6, 6.07) is 14.8. The first-order valence-corrected chi connectivity index (χ1v) is 8.39. The number of hydrogen-bond acceptors (Lipinski definition) is 7. The molecule has 1 N–H and O–H groups in total. The molecule has 0 spiro atoms. The Labute approximate surface area is 157 Å². The van der Waals surface area contributed by atoms with Crippen LogP contribution in [-0.4, -0.2) is 45.5 Å². The van der Waals surface area contributed by atoms with Gasteiger partial charge in [-0.2, -0.15) is 0 Å². The van der Waals surface area contributed by atoms with Gasteiger partial charge in [-0.05, 0) is 43.3 Å². The van der Waals surface area contributed by atoms with Gasteiger partial charge >= 0.3 is 6.09 Å². The molecule has 0 saturated carbocycles. The van der Waals surface area contributed by atoms with Gasteiger partial charge in [0.05, 0.1) is 6.54 Å². The van der Waals surface area contributed by atoms with Crippen molar-refractivity contribution in [3.8, 4) is 17.1 Å². The summed E-state index contributed by atoms with van der Waals surface area (Å²) in [6.45, 7) is 2.11. The molecule has 0 aliphatic heterocycles. The number of carbonyl (C=O) groups is 1. The van der Waals surface area contributed by atoms with E-state index in [4.69, 9.17) is 4.74 Å². The van der Waals surface area contributed by atoms with Crippen LogP contribution in [0.4, 0.5) is 10.5 Å². The summed E-state index contributed by atoms with van der Waals surface area (Å²) in [6.07, 6.45) is -0.505. The van der Waals surface area contributed by atoms with Crippen LogP contribution in [0, 0.1) is 6.92 Å². The molecule has 1 heterocycles. The highest BCUT2D eigenvalue weighted by molar-refractivity contribution is 5.70. The van der Waals surface area contributed by atoms with Crippen molar-refractivity contribution in [2.45, 2.75) is 13.5 Å². The van der Waals surface area contributed by atoms with Gasteiger partial charge in [0, 0.05) is 25.3 Å². The fourth-order valence-electron chi connectivity index (χ4n) is 2.28. The number of carbonyl (C=O) groups excluding carboxylic acids is 1. The summed E-state index contributed by atoms with van der Waals surface area (Å²) in [5, 5.41) is 19.3. The Bertz CT molecular complexity index is 895. The second-order valence-corrected chi connectivity index (χ2v) is 6.00. The van der Waals surface area contributed by atoms with Crippen LogP contribution >= 0.6 is 0 Å². The van der Waals surface area contributed by atoms with Crippen molar-refractivity contribution >= 4 is 11.8 Å². The highest BCUT2D eigenvalue weighted by atomic mass is 16.6. The van der Waals surface area contributed by atoms with Crippen LogP contribution < -0.4 is 10.1 Å². The fourth-order valence-corrected chi connectivity index (χ4v) is 2.28. The molecule has 27 heavy (non-hydrogen) atoms. The van der Waals surface area contributed by atoms with Gasteiger partial charge in [0.1, 0.15) is 5.75 Å². The Morgan fingerprint density at radius 1 is 1.00 bits per heavy atom. The summed E-state index contributed by atoms with van der Waals surface area (Å²) < 4.78 is 5.30. The first-order chi connectivity index (χ1) is 13.0. The molecule has 0 fully saturated rings. The lowest BCUT2D eigenvalue weighted by Gasteiger charge is -2.15. The number of amides is 1. The molecule has 0 aliphatic rings. The van der Waals surface area contributed by atoms with E-state index in [0.717, 1.165) is 16.8 Å². The minimum Gasteiger partial charge on any atom is -0.410 e. The molecule has 8 nitrogen and oxygen atoms in total. The molecule has 8 heteroatoms. The van der Waals surface area contributed by atoms with Gasteiger partial charge in [0.25, 0.3) is 0 Å². The Kier molecular flexibility index (Phi) is 5.55. The van der Waals surface area contributed by atoms with Gasteiger partial charge < -0.3 is 15.0 Å². The van der Waals surface area contributed by atoms with E-state index in [0.29, 0.717) is 17.4 Å². The average Bonchev–Trinajstić information content (AvgIpc) is 2.70. The monoisotopic (exact) mass is 364 g/mol. The molecule has 0 saturated heterocycles. The normalized spacial score (nSPS) is 10.3. The maximum Gasteiger partial charge on any atom is 0.415 e. The van der Waals surface area contributed by atoms with E-state index >= 15 is 0 Å². The Balaban J connectivity index is 1.61. The Morgan fingerprint density at radius 3 is 2.22 bits per heavy atom. The molecule has 2 aromatic carbocycles. The molecule has 3 rings (SSSR count). The number of hydrogen-bond donors (Lipinski definition) is 1. The van der Waals surface area contributed by atoms with Gasteiger partial charge in [-0.3, -0.25) is 0 Å². The van der Waals surface area contributed by atoms with Gasteiger partial charge in [0.2, 0.25) is 5.82 Å². The molecule has 0 unspecified atom stereocenters. The van der Waals surface area contributed by atoms with E-state index in [1.165, 1.54) is 4.90 Å². The lowest BCUT2D eigenvalue weighted by Crippen LogP contribution is -2.30. The molecule has 1 amide bonds. The highest BCUT2D eigenvalue weighted by Crippen LogP contribution is 2.16. The predicted molar refractivity (Wildman–Crippen MR) is 101 cm³/mol. The highest BCUT2D eigenvalue weighted by Gasteiger charge is 2.14. The van der Waals surface area contributed by atoms with Crippen molar-refractivity contribution in [1.29, 1.82) is 0 Å². The largest absolute Gasteiger partial charge is 0.415 e. The summed E-state index contributed by atoms with van der Waals surface area (Å²) >= 11 is 0. The SMILES string of the molecule is CNc1ccc(-c2nnc(CN(C)C(=O)Oc3ccc(C)cc3)nn2)cc1. The number of ether oxygens (including phenoxy) is 1. The zero-order chi connectivity index (χ0) is 19.2. The molecule has 0 aliphatic carbocycles. The maximum atomic E-state index is 12.2. The number of nitrogens with one attached hydrogen (secondary N) is 1. The van der Waals surface area contributed by atoms with Crippen molar-refractivity contribution in [3.63, 3.8) is 0 Å².